The molecule has 2 aromatic rings. The molecule has 0 aromatic heterocycles. The second kappa shape index (κ2) is 8.11. The number of rotatable bonds is 7. The lowest BCUT2D eigenvalue weighted by atomic mass is 10.0. The largest absolute Gasteiger partial charge is 0.377 e. The molecule has 22 heavy (non-hydrogen) atoms. The summed E-state index contributed by atoms with van der Waals surface area (Å²) >= 11 is 0. The van der Waals surface area contributed by atoms with Crippen LogP contribution in [-0.2, 0) is 17.9 Å². The molecule has 0 saturated heterocycles. The Hall–Kier alpha value is -1.64. The summed E-state index contributed by atoms with van der Waals surface area (Å²) in [5, 5.41) is 3.62. The number of benzene rings is 2. The molecule has 0 aliphatic rings. The Balaban J connectivity index is 2.01. The Labute approximate surface area is 134 Å². The van der Waals surface area contributed by atoms with Gasteiger partial charge < -0.3 is 10.1 Å². The van der Waals surface area contributed by atoms with Crippen molar-refractivity contribution in [3.8, 4) is 0 Å². The first-order valence-corrected chi connectivity index (χ1v) is 8.07. The summed E-state index contributed by atoms with van der Waals surface area (Å²) in [6.07, 6.45) is 0. The minimum absolute atomic E-state index is 0.333. The highest BCUT2D eigenvalue weighted by molar-refractivity contribution is 5.32. The third-order valence-corrected chi connectivity index (χ3v) is 4.21. The van der Waals surface area contributed by atoms with Crippen molar-refractivity contribution in [3.63, 3.8) is 0 Å². The standard InChI is InChI=1S/C20H27NO/c1-5-22-14-20-9-7-6-8-19(20)13-21-17(4)18-11-10-15(2)16(3)12-18/h6-12,17,21H,5,13-14H2,1-4H3. The summed E-state index contributed by atoms with van der Waals surface area (Å²) in [5.74, 6) is 0. The Kier molecular flexibility index (Phi) is 6.17. The summed E-state index contributed by atoms with van der Waals surface area (Å²) < 4.78 is 5.55. The van der Waals surface area contributed by atoms with Crippen LogP contribution in [-0.4, -0.2) is 6.61 Å². The summed E-state index contributed by atoms with van der Waals surface area (Å²) in [4.78, 5) is 0. The molecule has 2 aromatic carbocycles. The number of hydrogen-bond donors (Lipinski definition) is 1. The van der Waals surface area contributed by atoms with Crippen molar-refractivity contribution in [2.75, 3.05) is 6.61 Å². The highest BCUT2D eigenvalue weighted by Gasteiger charge is 2.08. The van der Waals surface area contributed by atoms with Gasteiger partial charge in [-0.2, -0.15) is 0 Å². The molecule has 0 aliphatic heterocycles. The summed E-state index contributed by atoms with van der Waals surface area (Å²) in [5.41, 5.74) is 6.61. The van der Waals surface area contributed by atoms with Crippen LogP contribution < -0.4 is 5.32 Å². The van der Waals surface area contributed by atoms with E-state index in [-0.39, 0.29) is 0 Å². The van der Waals surface area contributed by atoms with E-state index >= 15 is 0 Å². The van der Waals surface area contributed by atoms with Gasteiger partial charge in [0.1, 0.15) is 0 Å². The topological polar surface area (TPSA) is 21.3 Å². The van der Waals surface area contributed by atoms with Gasteiger partial charge in [-0.15, -0.1) is 0 Å². The van der Waals surface area contributed by atoms with Gasteiger partial charge in [0.2, 0.25) is 0 Å². The van der Waals surface area contributed by atoms with Crippen molar-refractivity contribution in [2.24, 2.45) is 0 Å². The maximum atomic E-state index is 5.55. The molecule has 1 N–H and O–H groups in total. The van der Waals surface area contributed by atoms with E-state index in [4.69, 9.17) is 4.74 Å². The van der Waals surface area contributed by atoms with Crippen molar-refractivity contribution >= 4 is 0 Å². The van der Waals surface area contributed by atoms with E-state index in [1.54, 1.807) is 0 Å². The molecule has 0 fully saturated rings. The van der Waals surface area contributed by atoms with Gasteiger partial charge in [0.15, 0.2) is 0 Å². The number of nitrogens with one attached hydrogen (secondary N) is 1. The SMILES string of the molecule is CCOCc1ccccc1CNC(C)c1ccc(C)c(C)c1. The van der Waals surface area contributed by atoms with Crippen molar-refractivity contribution < 1.29 is 4.74 Å². The van der Waals surface area contributed by atoms with Crippen molar-refractivity contribution in [2.45, 2.75) is 46.9 Å². The smallest absolute Gasteiger partial charge is 0.0719 e. The number of ether oxygens (including phenoxy) is 1. The minimum Gasteiger partial charge on any atom is -0.377 e. The van der Waals surface area contributed by atoms with Gasteiger partial charge >= 0.3 is 0 Å². The lowest BCUT2D eigenvalue weighted by molar-refractivity contribution is 0.133. The van der Waals surface area contributed by atoms with E-state index in [1.165, 1.54) is 27.8 Å². The minimum atomic E-state index is 0.333. The van der Waals surface area contributed by atoms with Gasteiger partial charge in [-0.25, -0.2) is 0 Å². The Morgan fingerprint density at radius 1 is 1.00 bits per heavy atom. The first-order chi connectivity index (χ1) is 10.6. The fourth-order valence-electron chi connectivity index (χ4n) is 2.50. The number of aryl methyl sites for hydroxylation is 2. The quantitative estimate of drug-likeness (QED) is 0.800. The van der Waals surface area contributed by atoms with Crippen molar-refractivity contribution in [1.82, 2.24) is 5.32 Å². The first-order valence-electron chi connectivity index (χ1n) is 8.07. The monoisotopic (exact) mass is 297 g/mol. The van der Waals surface area contributed by atoms with E-state index in [0.717, 1.165) is 13.2 Å². The van der Waals surface area contributed by atoms with Crippen LogP contribution in [0.3, 0.4) is 0 Å². The molecule has 0 spiro atoms. The third-order valence-electron chi connectivity index (χ3n) is 4.21. The lowest BCUT2D eigenvalue weighted by Crippen LogP contribution is -2.19. The molecule has 0 radical (unpaired) electrons. The second-order valence-corrected chi connectivity index (χ2v) is 5.85. The van der Waals surface area contributed by atoms with Crippen molar-refractivity contribution in [3.05, 3.63) is 70.3 Å². The molecule has 0 heterocycles. The Morgan fingerprint density at radius 2 is 1.73 bits per heavy atom. The molecule has 0 bridgehead atoms. The van der Waals surface area contributed by atoms with Gasteiger partial charge in [0.05, 0.1) is 6.61 Å². The number of hydrogen-bond acceptors (Lipinski definition) is 2. The molecule has 1 unspecified atom stereocenters. The van der Waals surface area contributed by atoms with Gasteiger partial charge in [-0.05, 0) is 55.5 Å². The van der Waals surface area contributed by atoms with Gasteiger partial charge in [0, 0.05) is 19.2 Å². The molecule has 2 nitrogen and oxygen atoms in total. The van der Waals surface area contributed by atoms with Crippen LogP contribution in [0.5, 0.6) is 0 Å². The van der Waals surface area contributed by atoms with Crippen LogP contribution in [0.2, 0.25) is 0 Å². The predicted octanol–water partition coefficient (Wildman–Crippen LogP) is 4.69. The van der Waals surface area contributed by atoms with Crippen LogP contribution >= 0.6 is 0 Å². The van der Waals surface area contributed by atoms with E-state index in [0.29, 0.717) is 12.6 Å². The first kappa shape index (κ1) is 16.7. The molecule has 0 amide bonds. The average molecular weight is 297 g/mol. The van der Waals surface area contributed by atoms with Crippen LogP contribution in [0, 0.1) is 13.8 Å². The summed E-state index contributed by atoms with van der Waals surface area (Å²) in [6, 6.07) is 15.5. The molecule has 118 valence electrons. The molecular formula is C20H27NO. The zero-order chi connectivity index (χ0) is 15.9. The maximum Gasteiger partial charge on any atom is 0.0719 e. The normalized spacial score (nSPS) is 12.4. The zero-order valence-electron chi connectivity index (χ0n) is 14.1. The molecule has 1 atom stereocenters. The fourth-order valence-corrected chi connectivity index (χ4v) is 2.50. The molecular weight excluding hydrogens is 270 g/mol. The van der Waals surface area contributed by atoms with E-state index in [9.17, 15) is 0 Å². The van der Waals surface area contributed by atoms with Gasteiger partial charge in [0.25, 0.3) is 0 Å². The maximum absolute atomic E-state index is 5.55. The van der Waals surface area contributed by atoms with Crippen LogP contribution in [0.4, 0.5) is 0 Å². The highest BCUT2D eigenvalue weighted by atomic mass is 16.5. The van der Waals surface area contributed by atoms with Crippen LogP contribution in [0.1, 0.15) is 47.7 Å². The molecule has 2 heteroatoms. The zero-order valence-corrected chi connectivity index (χ0v) is 14.1. The lowest BCUT2D eigenvalue weighted by Gasteiger charge is -2.17. The van der Waals surface area contributed by atoms with E-state index in [1.807, 2.05) is 6.92 Å². The van der Waals surface area contributed by atoms with Crippen LogP contribution in [0.15, 0.2) is 42.5 Å². The fraction of sp³-hybridized carbons (Fsp3) is 0.400. The average Bonchev–Trinajstić information content (AvgIpc) is 2.54. The predicted molar refractivity (Wildman–Crippen MR) is 92.9 cm³/mol. The Bertz CT molecular complexity index is 606. The molecule has 0 saturated carbocycles. The Morgan fingerprint density at radius 3 is 2.41 bits per heavy atom. The van der Waals surface area contributed by atoms with E-state index in [2.05, 4.69) is 68.6 Å². The summed E-state index contributed by atoms with van der Waals surface area (Å²) in [6.45, 7) is 10.9. The van der Waals surface area contributed by atoms with Crippen LogP contribution in [0.25, 0.3) is 0 Å². The third kappa shape index (κ3) is 4.43. The van der Waals surface area contributed by atoms with E-state index < -0.39 is 0 Å². The second-order valence-electron chi connectivity index (χ2n) is 5.85. The van der Waals surface area contributed by atoms with Gasteiger partial charge in [-0.3, -0.25) is 0 Å². The highest BCUT2D eigenvalue weighted by Crippen LogP contribution is 2.18. The van der Waals surface area contributed by atoms with Gasteiger partial charge in [-0.1, -0.05) is 42.5 Å². The van der Waals surface area contributed by atoms with Crippen molar-refractivity contribution in [1.29, 1.82) is 0 Å². The molecule has 0 aliphatic carbocycles. The molecule has 2 rings (SSSR count). The summed E-state index contributed by atoms with van der Waals surface area (Å²) in [7, 11) is 0.